The van der Waals surface area contributed by atoms with Gasteiger partial charge in [-0.2, -0.15) is 0 Å². The maximum absolute atomic E-state index is 4.30. The first kappa shape index (κ1) is 9.90. The molecule has 0 saturated carbocycles. The van der Waals surface area contributed by atoms with Crippen LogP contribution in [0.5, 0.6) is 0 Å². The van der Waals surface area contributed by atoms with Gasteiger partial charge in [0.15, 0.2) is 0 Å². The van der Waals surface area contributed by atoms with Crippen molar-refractivity contribution in [2.24, 2.45) is 11.8 Å². The molecule has 76 valence electrons. The lowest BCUT2D eigenvalue weighted by Crippen LogP contribution is -2.21. The number of hydrogen-bond donors (Lipinski definition) is 0. The molecule has 1 aliphatic rings. The fourth-order valence-corrected chi connectivity index (χ4v) is 2.31. The van der Waals surface area contributed by atoms with Crippen molar-refractivity contribution in [2.45, 2.75) is 13.8 Å². The van der Waals surface area contributed by atoms with Crippen molar-refractivity contribution < 1.29 is 0 Å². The van der Waals surface area contributed by atoms with Crippen LogP contribution in [0.15, 0.2) is 17.0 Å². The van der Waals surface area contributed by atoms with Gasteiger partial charge in [-0.1, -0.05) is 13.8 Å². The molecule has 2 rings (SSSR count). The number of aromatic nitrogens is 2. The molecule has 0 radical (unpaired) electrons. The van der Waals surface area contributed by atoms with Gasteiger partial charge in [0, 0.05) is 19.3 Å². The normalized spacial score (nSPS) is 26.9. The molecule has 0 spiro atoms. The lowest BCUT2D eigenvalue weighted by Gasteiger charge is -2.17. The van der Waals surface area contributed by atoms with Gasteiger partial charge >= 0.3 is 0 Å². The van der Waals surface area contributed by atoms with Gasteiger partial charge in [0.1, 0.15) is 12.1 Å². The van der Waals surface area contributed by atoms with Crippen molar-refractivity contribution in [1.82, 2.24) is 9.97 Å². The molecule has 0 aliphatic carbocycles. The maximum Gasteiger partial charge on any atom is 0.146 e. The van der Waals surface area contributed by atoms with Gasteiger partial charge in [-0.15, -0.1) is 0 Å². The predicted molar refractivity (Wildman–Crippen MR) is 60.3 cm³/mol. The molecule has 2 unspecified atom stereocenters. The number of hydrogen-bond acceptors (Lipinski definition) is 3. The average molecular weight is 256 g/mol. The van der Waals surface area contributed by atoms with Crippen LogP contribution in [0.2, 0.25) is 0 Å². The molecule has 0 amide bonds. The Labute approximate surface area is 92.7 Å². The van der Waals surface area contributed by atoms with E-state index in [1.807, 2.05) is 0 Å². The quantitative estimate of drug-likeness (QED) is 0.772. The van der Waals surface area contributed by atoms with Crippen molar-refractivity contribution in [3.05, 3.63) is 17.0 Å². The largest absolute Gasteiger partial charge is 0.355 e. The minimum absolute atomic E-state index is 0.747. The topological polar surface area (TPSA) is 29.0 Å². The Balaban J connectivity index is 2.21. The third-order valence-corrected chi connectivity index (χ3v) is 3.50. The van der Waals surface area contributed by atoms with Gasteiger partial charge < -0.3 is 4.90 Å². The zero-order valence-corrected chi connectivity index (χ0v) is 10.0. The van der Waals surface area contributed by atoms with Crippen molar-refractivity contribution >= 4 is 21.7 Å². The highest BCUT2D eigenvalue weighted by molar-refractivity contribution is 9.10. The van der Waals surface area contributed by atoms with E-state index in [9.17, 15) is 0 Å². The van der Waals surface area contributed by atoms with Gasteiger partial charge in [-0.05, 0) is 27.8 Å². The van der Waals surface area contributed by atoms with E-state index in [-0.39, 0.29) is 0 Å². The fraction of sp³-hybridized carbons (Fsp3) is 0.600. The van der Waals surface area contributed by atoms with E-state index in [4.69, 9.17) is 0 Å². The summed E-state index contributed by atoms with van der Waals surface area (Å²) in [7, 11) is 0. The highest BCUT2D eigenvalue weighted by atomic mass is 79.9. The van der Waals surface area contributed by atoms with Gasteiger partial charge in [-0.25, -0.2) is 9.97 Å². The van der Waals surface area contributed by atoms with E-state index in [0.29, 0.717) is 0 Å². The van der Waals surface area contributed by atoms with Crippen molar-refractivity contribution in [3.8, 4) is 0 Å². The summed E-state index contributed by atoms with van der Waals surface area (Å²) < 4.78 is 0.987. The van der Waals surface area contributed by atoms with Crippen LogP contribution in [0.3, 0.4) is 0 Å². The molecule has 2 atom stereocenters. The van der Waals surface area contributed by atoms with Crippen molar-refractivity contribution in [1.29, 1.82) is 0 Å². The number of anilines is 1. The molecule has 0 bridgehead atoms. The Kier molecular flexibility index (Phi) is 2.72. The van der Waals surface area contributed by atoms with E-state index < -0.39 is 0 Å². The SMILES string of the molecule is CC1CN(c2ncncc2Br)CC1C. The maximum atomic E-state index is 4.30. The van der Waals surface area contributed by atoms with E-state index in [1.54, 1.807) is 12.5 Å². The Bertz CT molecular complexity index is 319. The highest BCUT2D eigenvalue weighted by Gasteiger charge is 2.27. The fourth-order valence-electron chi connectivity index (χ4n) is 1.84. The summed E-state index contributed by atoms with van der Waals surface area (Å²) in [6.45, 7) is 6.77. The van der Waals surface area contributed by atoms with Crippen LogP contribution in [-0.4, -0.2) is 23.1 Å². The van der Waals surface area contributed by atoms with Crippen LogP contribution in [0.4, 0.5) is 5.82 Å². The Morgan fingerprint density at radius 1 is 1.36 bits per heavy atom. The summed E-state index contributed by atoms with van der Waals surface area (Å²) in [6.07, 6.45) is 3.41. The summed E-state index contributed by atoms with van der Waals surface area (Å²) in [5.74, 6) is 2.52. The molecule has 0 aromatic carbocycles. The third kappa shape index (κ3) is 1.75. The first-order valence-electron chi connectivity index (χ1n) is 4.89. The second-order valence-electron chi connectivity index (χ2n) is 4.05. The van der Waals surface area contributed by atoms with Crippen LogP contribution in [-0.2, 0) is 0 Å². The first-order chi connectivity index (χ1) is 6.68. The van der Waals surface area contributed by atoms with E-state index in [2.05, 4.69) is 44.6 Å². The zero-order valence-electron chi connectivity index (χ0n) is 8.44. The molecule has 1 aliphatic heterocycles. The Hall–Kier alpha value is -0.640. The monoisotopic (exact) mass is 255 g/mol. The third-order valence-electron chi connectivity index (χ3n) is 2.94. The zero-order chi connectivity index (χ0) is 10.1. The minimum atomic E-state index is 0.747. The molecule has 1 aromatic heterocycles. The number of halogens is 1. The molecule has 4 heteroatoms. The molecule has 3 nitrogen and oxygen atoms in total. The number of nitrogens with zero attached hydrogens (tertiary/aromatic N) is 3. The Morgan fingerprint density at radius 2 is 2.00 bits per heavy atom. The van der Waals surface area contributed by atoms with Crippen LogP contribution in [0.1, 0.15) is 13.8 Å². The average Bonchev–Trinajstić information content (AvgIpc) is 2.48. The molecule has 0 N–H and O–H groups in total. The summed E-state index contributed by atoms with van der Waals surface area (Å²) in [5, 5.41) is 0. The van der Waals surface area contributed by atoms with Gasteiger partial charge in [0.05, 0.1) is 4.47 Å². The van der Waals surface area contributed by atoms with Crippen LogP contribution < -0.4 is 4.90 Å². The first-order valence-corrected chi connectivity index (χ1v) is 5.68. The summed E-state index contributed by atoms with van der Waals surface area (Å²) in [5.41, 5.74) is 0. The standard InChI is InChI=1S/C10H14BrN3/c1-7-4-14(5-8(7)2)10-9(11)3-12-6-13-10/h3,6-8H,4-5H2,1-2H3. The van der Waals surface area contributed by atoms with Gasteiger partial charge in [0.2, 0.25) is 0 Å². The summed E-state index contributed by atoms with van der Waals surface area (Å²) in [6, 6.07) is 0. The molecular formula is C10H14BrN3. The van der Waals surface area contributed by atoms with Gasteiger partial charge in [0.25, 0.3) is 0 Å². The second-order valence-corrected chi connectivity index (χ2v) is 4.91. The predicted octanol–water partition coefficient (Wildman–Crippen LogP) is 2.33. The van der Waals surface area contributed by atoms with E-state index >= 15 is 0 Å². The van der Waals surface area contributed by atoms with Crippen molar-refractivity contribution in [2.75, 3.05) is 18.0 Å². The van der Waals surface area contributed by atoms with Crippen LogP contribution >= 0.6 is 15.9 Å². The molecule has 1 fully saturated rings. The second kappa shape index (κ2) is 3.85. The lowest BCUT2D eigenvalue weighted by atomic mass is 10.0. The highest BCUT2D eigenvalue weighted by Crippen LogP contribution is 2.30. The van der Waals surface area contributed by atoms with Crippen LogP contribution in [0.25, 0.3) is 0 Å². The molecule has 1 saturated heterocycles. The molecule has 1 aromatic rings. The van der Waals surface area contributed by atoms with Gasteiger partial charge in [-0.3, -0.25) is 0 Å². The van der Waals surface area contributed by atoms with E-state index in [1.165, 1.54) is 0 Å². The lowest BCUT2D eigenvalue weighted by molar-refractivity contribution is 0.494. The van der Waals surface area contributed by atoms with Crippen LogP contribution in [0, 0.1) is 11.8 Å². The van der Waals surface area contributed by atoms with E-state index in [0.717, 1.165) is 35.2 Å². The number of rotatable bonds is 1. The van der Waals surface area contributed by atoms with Crippen molar-refractivity contribution in [3.63, 3.8) is 0 Å². The minimum Gasteiger partial charge on any atom is -0.355 e. The molecular weight excluding hydrogens is 242 g/mol. The Morgan fingerprint density at radius 3 is 2.57 bits per heavy atom. The summed E-state index contributed by atoms with van der Waals surface area (Å²) in [4.78, 5) is 10.6. The summed E-state index contributed by atoms with van der Waals surface area (Å²) >= 11 is 3.48. The smallest absolute Gasteiger partial charge is 0.146 e. The molecule has 2 heterocycles. The molecule has 14 heavy (non-hydrogen) atoms.